The molecule has 142 valence electrons. The van der Waals surface area contributed by atoms with Crippen LogP contribution in [0.3, 0.4) is 0 Å². The minimum atomic E-state index is 0. The molecule has 3 rings (SSSR count). The van der Waals surface area contributed by atoms with Crippen molar-refractivity contribution in [2.45, 2.75) is 13.5 Å². The van der Waals surface area contributed by atoms with Gasteiger partial charge in [-0.3, -0.25) is 0 Å². The Hall–Kier alpha value is -1.55. The summed E-state index contributed by atoms with van der Waals surface area (Å²) < 4.78 is 5.32. The van der Waals surface area contributed by atoms with Crippen LogP contribution in [-0.2, 0) is 6.54 Å². The number of nitrogens with zero attached hydrogens (tertiary/aromatic N) is 4. The summed E-state index contributed by atoms with van der Waals surface area (Å²) in [5.41, 5.74) is 0.998. The molecule has 0 aromatic carbocycles. The van der Waals surface area contributed by atoms with Crippen LogP contribution in [0.2, 0.25) is 0 Å². The zero-order valence-corrected chi connectivity index (χ0v) is 18.4. The molecule has 8 heteroatoms. The number of nitrogens with one attached hydrogen (secondary N) is 1. The molecule has 0 amide bonds. The average molecular weight is 487 g/mol. The van der Waals surface area contributed by atoms with Crippen LogP contribution in [-0.4, -0.2) is 55.7 Å². The molecule has 0 aliphatic carbocycles. The summed E-state index contributed by atoms with van der Waals surface area (Å²) in [5, 5.41) is 6.89. The number of aliphatic imine (C=N–C) groups is 1. The molecule has 1 N–H and O–H groups in total. The summed E-state index contributed by atoms with van der Waals surface area (Å²) in [5.74, 6) is 1.60. The van der Waals surface area contributed by atoms with E-state index in [1.807, 2.05) is 12.1 Å². The molecule has 6 nitrogen and oxygen atoms in total. The van der Waals surface area contributed by atoms with E-state index >= 15 is 0 Å². The summed E-state index contributed by atoms with van der Waals surface area (Å²) in [7, 11) is 1.64. The predicted octanol–water partition coefficient (Wildman–Crippen LogP) is 3.06. The van der Waals surface area contributed by atoms with Crippen LogP contribution in [0.5, 0.6) is 5.88 Å². The van der Waals surface area contributed by atoms with Gasteiger partial charge in [-0.05, 0) is 30.5 Å². The van der Waals surface area contributed by atoms with E-state index in [-0.39, 0.29) is 24.0 Å². The van der Waals surface area contributed by atoms with Crippen LogP contribution in [0.1, 0.15) is 12.5 Å². The number of rotatable bonds is 5. The van der Waals surface area contributed by atoms with Crippen molar-refractivity contribution in [1.29, 1.82) is 0 Å². The number of methoxy groups -OCH3 is 1. The van der Waals surface area contributed by atoms with E-state index in [4.69, 9.17) is 9.73 Å². The number of hydrogen-bond acceptors (Lipinski definition) is 5. The lowest BCUT2D eigenvalue weighted by molar-refractivity contribution is 0.372. The fourth-order valence-electron chi connectivity index (χ4n) is 2.90. The van der Waals surface area contributed by atoms with Gasteiger partial charge in [0.1, 0.15) is 0 Å². The van der Waals surface area contributed by atoms with Gasteiger partial charge in [-0.25, -0.2) is 9.98 Å². The third kappa shape index (κ3) is 5.23. The fraction of sp³-hybridized carbons (Fsp3) is 0.444. The van der Waals surface area contributed by atoms with Gasteiger partial charge < -0.3 is 19.9 Å². The second-order valence-corrected chi connectivity index (χ2v) is 6.69. The molecular weight excluding hydrogens is 461 g/mol. The highest BCUT2D eigenvalue weighted by Crippen LogP contribution is 2.22. The Kier molecular flexibility index (Phi) is 8.43. The third-order valence-corrected chi connectivity index (χ3v) is 5.10. The number of thiophene rings is 1. The average Bonchev–Trinajstić information content (AvgIpc) is 3.20. The number of guanidine groups is 1. The second kappa shape index (κ2) is 10.6. The first kappa shape index (κ1) is 20.8. The zero-order chi connectivity index (χ0) is 17.5. The molecule has 1 aliphatic rings. The van der Waals surface area contributed by atoms with Gasteiger partial charge in [-0.15, -0.1) is 35.3 Å². The lowest BCUT2D eigenvalue weighted by atomic mass is 10.3. The first-order valence-corrected chi connectivity index (χ1v) is 9.49. The van der Waals surface area contributed by atoms with Crippen LogP contribution < -0.4 is 15.0 Å². The molecule has 26 heavy (non-hydrogen) atoms. The number of piperazine rings is 1. The molecule has 0 saturated carbocycles. The minimum Gasteiger partial charge on any atom is -0.481 e. The van der Waals surface area contributed by atoms with Crippen LogP contribution >= 0.6 is 35.3 Å². The minimum absolute atomic E-state index is 0. The third-order valence-electron chi connectivity index (χ3n) is 4.17. The van der Waals surface area contributed by atoms with Crippen LogP contribution in [0, 0.1) is 0 Å². The highest BCUT2D eigenvalue weighted by molar-refractivity contribution is 14.0. The molecule has 0 unspecified atom stereocenters. The quantitative estimate of drug-likeness (QED) is 0.399. The van der Waals surface area contributed by atoms with Gasteiger partial charge in [0.25, 0.3) is 0 Å². The van der Waals surface area contributed by atoms with Crippen molar-refractivity contribution >= 4 is 46.3 Å². The predicted molar refractivity (Wildman–Crippen MR) is 119 cm³/mol. The molecule has 0 bridgehead atoms. The van der Waals surface area contributed by atoms with Crippen molar-refractivity contribution < 1.29 is 4.74 Å². The summed E-state index contributed by atoms with van der Waals surface area (Å²) in [4.78, 5) is 13.8. The van der Waals surface area contributed by atoms with E-state index in [2.05, 4.69) is 44.5 Å². The standard InChI is InChI=1S/C18H25N5OS.HI/c1-3-19-18(21-14-15-6-4-8-20-17(15)24-2)23-11-9-22(10-12-23)16-7-5-13-25-16;/h4-8,13H,3,9-12,14H2,1-2H3,(H,19,21);1H. The number of pyridine rings is 1. The Bertz CT molecular complexity index is 687. The van der Waals surface area contributed by atoms with Gasteiger partial charge in [0.15, 0.2) is 5.96 Å². The van der Waals surface area contributed by atoms with Crippen molar-refractivity contribution in [3.63, 3.8) is 0 Å². The van der Waals surface area contributed by atoms with Gasteiger partial charge in [0.2, 0.25) is 5.88 Å². The van der Waals surface area contributed by atoms with Crippen molar-refractivity contribution in [3.8, 4) is 5.88 Å². The van der Waals surface area contributed by atoms with Crippen molar-refractivity contribution in [1.82, 2.24) is 15.2 Å². The van der Waals surface area contributed by atoms with E-state index in [9.17, 15) is 0 Å². The van der Waals surface area contributed by atoms with E-state index in [0.29, 0.717) is 12.4 Å². The molecule has 1 aliphatic heterocycles. The summed E-state index contributed by atoms with van der Waals surface area (Å²) in [6.07, 6.45) is 1.74. The Morgan fingerprint density at radius 2 is 2.08 bits per heavy atom. The van der Waals surface area contributed by atoms with E-state index in [1.54, 1.807) is 24.6 Å². The smallest absolute Gasteiger partial charge is 0.218 e. The number of ether oxygens (including phenoxy) is 1. The van der Waals surface area contributed by atoms with Gasteiger partial charge in [0, 0.05) is 44.5 Å². The maximum absolute atomic E-state index is 5.32. The Morgan fingerprint density at radius 3 is 2.73 bits per heavy atom. The monoisotopic (exact) mass is 487 g/mol. The van der Waals surface area contributed by atoms with Gasteiger partial charge in [0.05, 0.1) is 18.7 Å². The highest BCUT2D eigenvalue weighted by atomic mass is 127. The summed E-state index contributed by atoms with van der Waals surface area (Å²) in [6.45, 7) is 7.48. The van der Waals surface area contributed by atoms with Gasteiger partial charge in [-0.2, -0.15) is 0 Å². The van der Waals surface area contributed by atoms with Crippen molar-refractivity contribution in [2.24, 2.45) is 4.99 Å². The maximum atomic E-state index is 5.32. The molecule has 0 atom stereocenters. The first-order valence-electron chi connectivity index (χ1n) is 8.61. The first-order chi connectivity index (χ1) is 12.3. The zero-order valence-electron chi connectivity index (χ0n) is 15.2. The molecule has 1 fully saturated rings. The topological polar surface area (TPSA) is 53.0 Å². The summed E-state index contributed by atoms with van der Waals surface area (Å²) >= 11 is 1.80. The number of halogens is 1. The van der Waals surface area contributed by atoms with Crippen LogP contribution in [0.25, 0.3) is 0 Å². The number of aromatic nitrogens is 1. The maximum Gasteiger partial charge on any atom is 0.218 e. The molecule has 2 aromatic heterocycles. The van der Waals surface area contributed by atoms with Gasteiger partial charge >= 0.3 is 0 Å². The largest absolute Gasteiger partial charge is 0.481 e. The lowest BCUT2D eigenvalue weighted by Gasteiger charge is -2.37. The number of anilines is 1. The van der Waals surface area contributed by atoms with E-state index in [0.717, 1.165) is 44.2 Å². The normalized spacial score (nSPS) is 14.8. The van der Waals surface area contributed by atoms with Crippen molar-refractivity contribution in [2.75, 3.05) is 44.7 Å². The SMILES string of the molecule is CCNC(=NCc1cccnc1OC)N1CCN(c2cccs2)CC1.I. The highest BCUT2D eigenvalue weighted by Gasteiger charge is 2.20. The van der Waals surface area contributed by atoms with Crippen molar-refractivity contribution in [3.05, 3.63) is 41.4 Å². The molecular formula is C18H26IN5OS. The molecule has 0 spiro atoms. The number of hydrogen-bond donors (Lipinski definition) is 1. The Balaban J connectivity index is 0.00000243. The molecule has 1 saturated heterocycles. The van der Waals surface area contributed by atoms with E-state index < -0.39 is 0 Å². The van der Waals surface area contributed by atoms with Crippen LogP contribution in [0.15, 0.2) is 40.8 Å². The molecule has 2 aromatic rings. The van der Waals surface area contributed by atoms with E-state index in [1.165, 1.54) is 5.00 Å². The second-order valence-electron chi connectivity index (χ2n) is 5.77. The Labute approximate surface area is 176 Å². The van der Waals surface area contributed by atoms with Gasteiger partial charge in [-0.1, -0.05) is 6.07 Å². The fourth-order valence-corrected chi connectivity index (χ4v) is 3.69. The lowest BCUT2D eigenvalue weighted by Crippen LogP contribution is -2.52. The Morgan fingerprint density at radius 1 is 1.27 bits per heavy atom. The summed E-state index contributed by atoms with van der Waals surface area (Å²) in [6, 6.07) is 8.22. The van der Waals surface area contributed by atoms with Crippen LogP contribution in [0.4, 0.5) is 5.00 Å². The molecule has 3 heterocycles. The molecule has 0 radical (unpaired) electrons.